The molecule has 1 aliphatic heterocycles. The van der Waals surface area contributed by atoms with E-state index in [4.69, 9.17) is 4.74 Å². The Labute approximate surface area is 155 Å². The van der Waals surface area contributed by atoms with Crippen molar-refractivity contribution in [3.63, 3.8) is 0 Å². The van der Waals surface area contributed by atoms with Crippen LogP contribution in [0, 0.1) is 0 Å². The van der Waals surface area contributed by atoms with Crippen molar-refractivity contribution >= 4 is 28.3 Å². The Kier molecular flexibility index (Phi) is 9.37. The van der Waals surface area contributed by atoms with Crippen LogP contribution in [0.1, 0.15) is 24.8 Å². The number of ether oxygens (including phenoxy) is 1. The summed E-state index contributed by atoms with van der Waals surface area (Å²) in [5.41, 5.74) is 0.853. The van der Waals surface area contributed by atoms with E-state index < -0.39 is 10.0 Å². The Balaban J connectivity index is 0.00000312. The van der Waals surface area contributed by atoms with Gasteiger partial charge in [-0.2, -0.15) is 0 Å². The van der Waals surface area contributed by atoms with Gasteiger partial charge in [0.25, 0.3) is 0 Å². The smallest absolute Gasteiger partial charge is 0.240 e. The first-order valence-electron chi connectivity index (χ1n) is 8.13. The molecule has 1 amide bonds. The summed E-state index contributed by atoms with van der Waals surface area (Å²) in [6, 6.07) is 6.51. The molecule has 3 N–H and O–H groups in total. The third-order valence-electron chi connectivity index (χ3n) is 3.85. The lowest BCUT2D eigenvalue weighted by molar-refractivity contribution is -0.121. The minimum atomic E-state index is -3.53. The maximum atomic E-state index is 12.2. The lowest BCUT2D eigenvalue weighted by Gasteiger charge is -2.12. The molecule has 0 bridgehead atoms. The van der Waals surface area contributed by atoms with Crippen molar-refractivity contribution in [2.75, 3.05) is 26.7 Å². The second-order valence-corrected chi connectivity index (χ2v) is 7.53. The zero-order valence-electron chi connectivity index (χ0n) is 14.3. The van der Waals surface area contributed by atoms with Gasteiger partial charge in [-0.05, 0) is 37.6 Å². The minimum absolute atomic E-state index is 0. The number of sulfonamides is 1. The van der Waals surface area contributed by atoms with Gasteiger partial charge in [-0.25, -0.2) is 13.1 Å². The molecule has 0 radical (unpaired) electrons. The van der Waals surface area contributed by atoms with Crippen molar-refractivity contribution in [1.29, 1.82) is 0 Å². The Bertz CT molecular complexity index is 631. The van der Waals surface area contributed by atoms with E-state index in [1.54, 1.807) is 31.3 Å². The molecule has 0 spiro atoms. The van der Waals surface area contributed by atoms with Crippen LogP contribution in [-0.2, 0) is 26.1 Å². The van der Waals surface area contributed by atoms with E-state index in [-0.39, 0.29) is 29.3 Å². The largest absolute Gasteiger partial charge is 0.377 e. The Morgan fingerprint density at radius 3 is 2.60 bits per heavy atom. The van der Waals surface area contributed by atoms with Crippen LogP contribution in [-0.4, -0.2) is 47.2 Å². The fourth-order valence-corrected chi connectivity index (χ4v) is 3.47. The number of hydrogen-bond donors (Lipinski definition) is 3. The third kappa shape index (κ3) is 7.29. The molecule has 1 fully saturated rings. The first kappa shape index (κ1) is 21.9. The second-order valence-electron chi connectivity index (χ2n) is 5.76. The molecule has 142 valence electrons. The molecule has 25 heavy (non-hydrogen) atoms. The van der Waals surface area contributed by atoms with Crippen molar-refractivity contribution in [2.24, 2.45) is 0 Å². The van der Waals surface area contributed by atoms with Crippen LogP contribution in [0.25, 0.3) is 0 Å². The van der Waals surface area contributed by atoms with Crippen LogP contribution in [0.5, 0.6) is 0 Å². The number of carbonyl (C=O) groups excluding carboxylic acids is 1. The number of hydrogen-bond acceptors (Lipinski definition) is 5. The maximum absolute atomic E-state index is 12.2. The average Bonchev–Trinajstić information content (AvgIpc) is 3.10. The molecule has 1 atom stereocenters. The first-order valence-corrected chi connectivity index (χ1v) is 9.61. The Morgan fingerprint density at radius 1 is 1.28 bits per heavy atom. The summed E-state index contributed by atoms with van der Waals surface area (Å²) in [6.07, 6.45) is 2.23. The lowest BCUT2D eigenvalue weighted by Crippen LogP contribution is -2.31. The van der Waals surface area contributed by atoms with Crippen molar-refractivity contribution in [3.8, 4) is 0 Å². The highest BCUT2D eigenvalue weighted by Gasteiger charge is 2.20. The SMILES string of the molecule is CNCCC(=O)NCc1ccc(S(=O)(=O)NCC2CCCO2)cc1.Cl. The number of nitrogens with one attached hydrogen (secondary N) is 3. The molecule has 1 aromatic carbocycles. The second kappa shape index (κ2) is 10.7. The Morgan fingerprint density at radius 2 is 2.00 bits per heavy atom. The van der Waals surface area contributed by atoms with Gasteiger partial charge in [-0.15, -0.1) is 12.4 Å². The summed E-state index contributed by atoms with van der Waals surface area (Å²) in [4.78, 5) is 11.8. The van der Waals surface area contributed by atoms with Gasteiger partial charge in [0.1, 0.15) is 0 Å². The number of amides is 1. The summed E-state index contributed by atoms with van der Waals surface area (Å²) in [7, 11) is -1.74. The molecule has 1 unspecified atom stereocenters. The van der Waals surface area contributed by atoms with Gasteiger partial charge in [0.05, 0.1) is 11.0 Å². The summed E-state index contributed by atoms with van der Waals surface area (Å²) in [6.45, 7) is 2.00. The van der Waals surface area contributed by atoms with Gasteiger partial charge in [-0.1, -0.05) is 12.1 Å². The molecule has 1 heterocycles. The monoisotopic (exact) mass is 391 g/mol. The van der Waals surface area contributed by atoms with Gasteiger partial charge < -0.3 is 15.4 Å². The summed E-state index contributed by atoms with van der Waals surface area (Å²) >= 11 is 0. The van der Waals surface area contributed by atoms with Crippen LogP contribution in [0.4, 0.5) is 0 Å². The van der Waals surface area contributed by atoms with E-state index in [2.05, 4.69) is 15.4 Å². The molecule has 0 aromatic heterocycles. The molecule has 2 rings (SSSR count). The normalized spacial score (nSPS) is 17.1. The molecular weight excluding hydrogens is 366 g/mol. The number of rotatable bonds is 9. The molecular formula is C16H26ClN3O4S. The van der Waals surface area contributed by atoms with Crippen molar-refractivity contribution in [1.82, 2.24) is 15.4 Å². The molecule has 7 nitrogen and oxygen atoms in total. The van der Waals surface area contributed by atoms with Gasteiger partial charge >= 0.3 is 0 Å². The zero-order valence-corrected chi connectivity index (χ0v) is 15.9. The van der Waals surface area contributed by atoms with Crippen LogP contribution in [0.2, 0.25) is 0 Å². The predicted molar refractivity (Wildman–Crippen MR) is 98.2 cm³/mol. The van der Waals surface area contributed by atoms with Gasteiger partial charge in [0.2, 0.25) is 15.9 Å². The fourth-order valence-electron chi connectivity index (χ4n) is 2.41. The predicted octanol–water partition coefficient (Wildman–Crippen LogP) is 0.791. The van der Waals surface area contributed by atoms with E-state index in [1.807, 2.05) is 0 Å². The molecule has 0 aliphatic carbocycles. The van der Waals surface area contributed by atoms with Crippen LogP contribution < -0.4 is 15.4 Å². The van der Waals surface area contributed by atoms with E-state index in [0.717, 1.165) is 18.4 Å². The lowest BCUT2D eigenvalue weighted by atomic mass is 10.2. The third-order valence-corrected chi connectivity index (χ3v) is 5.29. The standard InChI is InChI=1S/C16H25N3O4S.ClH/c1-17-9-8-16(20)18-11-13-4-6-15(7-5-13)24(21,22)19-12-14-3-2-10-23-14;/h4-7,14,17,19H,2-3,8-12H2,1H3,(H,18,20);1H. The van der Waals surface area contributed by atoms with E-state index in [1.165, 1.54) is 0 Å². The maximum Gasteiger partial charge on any atom is 0.240 e. The summed E-state index contributed by atoms with van der Waals surface area (Å²) < 4.78 is 32.5. The van der Waals surface area contributed by atoms with Crippen molar-refractivity contribution in [3.05, 3.63) is 29.8 Å². The summed E-state index contributed by atoms with van der Waals surface area (Å²) in [5, 5.41) is 5.70. The van der Waals surface area contributed by atoms with Crippen LogP contribution in [0.15, 0.2) is 29.2 Å². The van der Waals surface area contributed by atoms with Gasteiger partial charge in [0.15, 0.2) is 0 Å². The van der Waals surface area contributed by atoms with Gasteiger partial charge in [-0.3, -0.25) is 4.79 Å². The zero-order chi connectivity index (χ0) is 17.4. The van der Waals surface area contributed by atoms with Gasteiger partial charge in [0, 0.05) is 32.7 Å². The first-order chi connectivity index (χ1) is 11.5. The molecule has 9 heteroatoms. The molecule has 1 aromatic rings. The quantitative estimate of drug-likeness (QED) is 0.578. The number of halogens is 1. The van der Waals surface area contributed by atoms with E-state index in [0.29, 0.717) is 32.7 Å². The van der Waals surface area contributed by atoms with Crippen molar-refractivity contribution in [2.45, 2.75) is 36.8 Å². The van der Waals surface area contributed by atoms with E-state index >= 15 is 0 Å². The molecule has 1 saturated heterocycles. The number of carbonyl (C=O) groups is 1. The highest BCUT2D eigenvalue weighted by molar-refractivity contribution is 7.89. The van der Waals surface area contributed by atoms with Crippen LogP contribution in [0.3, 0.4) is 0 Å². The molecule has 0 saturated carbocycles. The van der Waals surface area contributed by atoms with E-state index in [9.17, 15) is 13.2 Å². The average molecular weight is 392 g/mol. The van der Waals surface area contributed by atoms with Crippen LogP contribution >= 0.6 is 12.4 Å². The molecule has 1 aliphatic rings. The Hall–Kier alpha value is -1.19. The highest BCUT2D eigenvalue weighted by atomic mass is 35.5. The topological polar surface area (TPSA) is 96.5 Å². The fraction of sp³-hybridized carbons (Fsp3) is 0.562. The summed E-state index contributed by atoms with van der Waals surface area (Å²) in [5.74, 6) is -0.0423. The number of benzene rings is 1. The highest BCUT2D eigenvalue weighted by Crippen LogP contribution is 2.14. The minimum Gasteiger partial charge on any atom is -0.377 e. The van der Waals surface area contributed by atoms with Crippen molar-refractivity contribution < 1.29 is 17.9 Å².